The van der Waals surface area contributed by atoms with Gasteiger partial charge in [-0.2, -0.15) is 4.68 Å². The summed E-state index contributed by atoms with van der Waals surface area (Å²) < 4.78 is 1.01. The number of hydrogen-bond donors (Lipinski definition) is 0. The van der Waals surface area contributed by atoms with E-state index >= 15 is 0 Å². The zero-order valence-corrected chi connectivity index (χ0v) is 17.5. The van der Waals surface area contributed by atoms with E-state index in [0.717, 1.165) is 10.2 Å². The Labute approximate surface area is 181 Å². The summed E-state index contributed by atoms with van der Waals surface area (Å²) in [6, 6.07) is 5.32. The number of nitro groups is 2. The average Bonchev–Trinajstić information content (AvgIpc) is 3.02. The SMILES string of the molecule is Cc1c([N+](=O)[O-])c([N+](=O)[O-])nn1CC(=O)N1CCN(Cc2c(Cl)cccc2Cl)CC1. The van der Waals surface area contributed by atoms with Crippen molar-refractivity contribution in [2.45, 2.75) is 20.0 Å². The standard InChI is InChI=1S/C17H18Cl2N6O5/c1-11-16(24(27)28)17(25(29)30)20-23(11)10-15(26)22-7-5-21(6-8-22)9-12-13(18)3-2-4-14(12)19/h2-4H,5-10H2,1H3. The van der Waals surface area contributed by atoms with E-state index in [9.17, 15) is 25.0 Å². The van der Waals surface area contributed by atoms with Crippen LogP contribution in [0, 0.1) is 27.2 Å². The number of nitrogens with zero attached hydrogens (tertiary/aromatic N) is 6. The smallest absolute Gasteiger partial charge is 0.358 e. The van der Waals surface area contributed by atoms with E-state index in [1.807, 2.05) is 0 Å². The molecule has 0 aliphatic carbocycles. The summed E-state index contributed by atoms with van der Waals surface area (Å²) in [5.74, 6) is -1.19. The lowest BCUT2D eigenvalue weighted by atomic mass is 10.2. The molecule has 2 heterocycles. The highest BCUT2D eigenvalue weighted by molar-refractivity contribution is 6.35. The molecule has 2 aromatic rings. The van der Waals surface area contributed by atoms with Crippen molar-refractivity contribution in [1.29, 1.82) is 0 Å². The number of hydrogen-bond acceptors (Lipinski definition) is 7. The predicted octanol–water partition coefficient (Wildman–Crippen LogP) is 2.66. The molecular formula is C17H18Cl2N6O5. The molecule has 1 aromatic carbocycles. The van der Waals surface area contributed by atoms with Gasteiger partial charge in [0.2, 0.25) is 5.91 Å². The van der Waals surface area contributed by atoms with Crippen LogP contribution in [0.3, 0.4) is 0 Å². The van der Waals surface area contributed by atoms with E-state index in [4.69, 9.17) is 23.2 Å². The van der Waals surface area contributed by atoms with Gasteiger partial charge in [-0.25, -0.2) is 0 Å². The van der Waals surface area contributed by atoms with Crippen LogP contribution in [-0.2, 0) is 17.9 Å². The highest BCUT2D eigenvalue weighted by Gasteiger charge is 2.36. The first-order valence-electron chi connectivity index (χ1n) is 8.98. The van der Waals surface area contributed by atoms with Gasteiger partial charge in [-0.3, -0.25) is 19.8 Å². The normalized spacial score (nSPS) is 14.7. The quantitative estimate of drug-likeness (QED) is 0.482. The first-order chi connectivity index (χ1) is 14.2. The molecular weight excluding hydrogens is 439 g/mol. The summed E-state index contributed by atoms with van der Waals surface area (Å²) in [4.78, 5) is 36.7. The highest BCUT2D eigenvalue weighted by Crippen LogP contribution is 2.29. The summed E-state index contributed by atoms with van der Waals surface area (Å²) in [7, 11) is 0. The zero-order valence-electron chi connectivity index (χ0n) is 16.0. The van der Waals surface area contributed by atoms with Gasteiger partial charge in [-0.15, -0.1) is 0 Å². The van der Waals surface area contributed by atoms with Crippen molar-refractivity contribution in [1.82, 2.24) is 19.6 Å². The van der Waals surface area contributed by atoms with E-state index in [1.165, 1.54) is 6.92 Å². The molecule has 1 saturated heterocycles. The lowest BCUT2D eigenvalue weighted by molar-refractivity contribution is -0.424. The molecule has 0 N–H and O–H groups in total. The predicted molar refractivity (Wildman–Crippen MR) is 109 cm³/mol. The fraction of sp³-hybridized carbons (Fsp3) is 0.412. The Hall–Kier alpha value is -2.76. The van der Waals surface area contributed by atoms with Crippen molar-refractivity contribution in [2.24, 2.45) is 0 Å². The maximum atomic E-state index is 12.6. The third kappa shape index (κ3) is 4.53. The molecule has 1 aliphatic rings. The van der Waals surface area contributed by atoms with E-state index in [-0.39, 0.29) is 18.1 Å². The summed E-state index contributed by atoms with van der Waals surface area (Å²) >= 11 is 12.4. The van der Waals surface area contributed by atoms with Gasteiger partial charge in [-0.1, -0.05) is 29.3 Å². The van der Waals surface area contributed by atoms with Crippen molar-refractivity contribution in [3.05, 3.63) is 59.7 Å². The maximum absolute atomic E-state index is 12.6. The zero-order chi connectivity index (χ0) is 22.0. The second kappa shape index (κ2) is 8.94. The molecule has 0 bridgehead atoms. The van der Waals surface area contributed by atoms with Gasteiger partial charge in [0.25, 0.3) is 0 Å². The van der Waals surface area contributed by atoms with Crippen LogP contribution in [-0.4, -0.2) is 61.5 Å². The van der Waals surface area contributed by atoms with Gasteiger partial charge in [0.05, 0.1) is 10.0 Å². The first kappa shape index (κ1) is 21.9. The molecule has 1 aromatic heterocycles. The average molecular weight is 457 g/mol. The molecule has 1 amide bonds. The molecule has 0 radical (unpaired) electrons. The second-order valence-electron chi connectivity index (χ2n) is 6.79. The van der Waals surface area contributed by atoms with E-state index in [2.05, 4.69) is 10.00 Å². The van der Waals surface area contributed by atoms with Crippen LogP contribution in [0.1, 0.15) is 11.3 Å². The lowest BCUT2D eigenvalue weighted by Gasteiger charge is -2.34. The van der Waals surface area contributed by atoms with Crippen LogP contribution in [0.25, 0.3) is 0 Å². The maximum Gasteiger partial charge on any atom is 0.468 e. The van der Waals surface area contributed by atoms with Gasteiger partial charge >= 0.3 is 11.5 Å². The van der Waals surface area contributed by atoms with Crippen molar-refractivity contribution >= 4 is 40.6 Å². The molecule has 3 rings (SSSR count). The lowest BCUT2D eigenvalue weighted by Crippen LogP contribution is -2.49. The molecule has 0 unspecified atom stereocenters. The Balaban J connectivity index is 1.63. The molecule has 1 fully saturated rings. The Morgan fingerprint density at radius 3 is 2.20 bits per heavy atom. The van der Waals surface area contributed by atoms with Crippen molar-refractivity contribution in [2.75, 3.05) is 26.2 Å². The topological polar surface area (TPSA) is 128 Å². The van der Waals surface area contributed by atoms with Gasteiger partial charge < -0.3 is 15.0 Å². The van der Waals surface area contributed by atoms with Gasteiger partial charge in [0, 0.05) is 48.3 Å². The third-order valence-corrected chi connectivity index (χ3v) is 5.67. The first-order valence-corrected chi connectivity index (χ1v) is 9.73. The minimum absolute atomic E-state index is 0.0351. The fourth-order valence-electron chi connectivity index (χ4n) is 3.30. The number of benzene rings is 1. The Kier molecular flexibility index (Phi) is 6.54. The van der Waals surface area contributed by atoms with Gasteiger partial charge in [0.1, 0.15) is 12.2 Å². The molecule has 160 valence electrons. The van der Waals surface area contributed by atoms with E-state index < -0.39 is 21.4 Å². The molecule has 30 heavy (non-hydrogen) atoms. The van der Waals surface area contributed by atoms with Crippen LogP contribution < -0.4 is 0 Å². The van der Waals surface area contributed by atoms with Gasteiger partial charge in [0.15, 0.2) is 0 Å². The van der Waals surface area contributed by atoms with Crippen molar-refractivity contribution < 1.29 is 14.6 Å². The summed E-state index contributed by atoms with van der Waals surface area (Å²) in [5, 5.41) is 26.9. The molecule has 11 nitrogen and oxygen atoms in total. The minimum atomic E-state index is -0.926. The fourth-order valence-corrected chi connectivity index (χ4v) is 3.82. The van der Waals surface area contributed by atoms with Crippen LogP contribution in [0.4, 0.5) is 11.5 Å². The largest absolute Gasteiger partial charge is 0.468 e. The van der Waals surface area contributed by atoms with Crippen molar-refractivity contribution in [3.63, 3.8) is 0 Å². The molecule has 0 saturated carbocycles. The second-order valence-corrected chi connectivity index (χ2v) is 7.60. The highest BCUT2D eigenvalue weighted by atomic mass is 35.5. The van der Waals surface area contributed by atoms with Crippen LogP contribution in [0.15, 0.2) is 18.2 Å². The number of piperazine rings is 1. The number of aromatic nitrogens is 2. The summed E-state index contributed by atoms with van der Waals surface area (Å²) in [6.07, 6.45) is 0. The number of halogens is 2. The summed E-state index contributed by atoms with van der Waals surface area (Å²) in [5.41, 5.74) is 0.0914. The summed E-state index contributed by atoms with van der Waals surface area (Å²) in [6.45, 7) is 3.62. The number of carbonyl (C=O) groups is 1. The van der Waals surface area contributed by atoms with Crippen LogP contribution in [0.2, 0.25) is 10.0 Å². The molecule has 13 heteroatoms. The van der Waals surface area contributed by atoms with Crippen molar-refractivity contribution in [3.8, 4) is 0 Å². The third-order valence-electron chi connectivity index (χ3n) is 4.97. The van der Waals surface area contributed by atoms with Crippen LogP contribution >= 0.6 is 23.2 Å². The van der Waals surface area contributed by atoms with E-state index in [1.54, 1.807) is 23.1 Å². The Morgan fingerprint density at radius 1 is 1.10 bits per heavy atom. The Bertz CT molecular complexity index is 983. The molecule has 1 aliphatic heterocycles. The Morgan fingerprint density at radius 2 is 1.70 bits per heavy atom. The number of carbonyl (C=O) groups excluding carboxylic acids is 1. The number of rotatable bonds is 6. The van der Waals surface area contributed by atoms with Gasteiger partial charge in [-0.05, 0) is 24.0 Å². The molecule has 0 spiro atoms. The molecule has 0 atom stereocenters. The minimum Gasteiger partial charge on any atom is -0.358 e. The van der Waals surface area contributed by atoms with E-state index in [0.29, 0.717) is 42.8 Å². The monoisotopic (exact) mass is 456 g/mol. The van der Waals surface area contributed by atoms with Crippen LogP contribution in [0.5, 0.6) is 0 Å². The number of amides is 1.